The third-order valence-corrected chi connectivity index (χ3v) is 5.70. The van der Waals surface area contributed by atoms with E-state index in [4.69, 9.17) is 0 Å². The molecule has 1 N–H and O–H groups in total. The number of carbonyl (C=O) groups is 2. The molecule has 0 bridgehead atoms. The number of nitrogens with one attached hydrogen (secondary N) is 1. The van der Waals surface area contributed by atoms with Gasteiger partial charge in [-0.2, -0.15) is 0 Å². The Morgan fingerprint density at radius 1 is 0.833 bits per heavy atom. The number of unbranched alkanes of at least 4 members (excludes halogenated alkanes) is 2. The van der Waals surface area contributed by atoms with E-state index in [2.05, 4.69) is 70.9 Å². The average Bonchev–Trinajstić information content (AvgIpc) is 2.78. The van der Waals surface area contributed by atoms with Gasteiger partial charge in [0.2, 0.25) is 11.8 Å². The molecular weight excluding hydrogens is 374 g/mol. The van der Waals surface area contributed by atoms with Crippen molar-refractivity contribution < 1.29 is 9.59 Å². The van der Waals surface area contributed by atoms with Gasteiger partial charge in [0.25, 0.3) is 0 Å². The topological polar surface area (TPSA) is 52.7 Å². The predicted octanol–water partition coefficient (Wildman–Crippen LogP) is 3.62. The molecule has 1 aliphatic heterocycles. The van der Waals surface area contributed by atoms with E-state index in [1.165, 1.54) is 18.1 Å². The van der Waals surface area contributed by atoms with Crippen molar-refractivity contribution in [1.82, 2.24) is 15.1 Å². The first kappa shape index (κ1) is 22.0. The van der Waals surface area contributed by atoms with Gasteiger partial charge in [-0.1, -0.05) is 67.1 Å². The molecule has 0 radical (unpaired) electrons. The smallest absolute Gasteiger partial charge is 0.222 e. The van der Waals surface area contributed by atoms with Crippen molar-refractivity contribution in [3.05, 3.63) is 71.8 Å². The first-order valence-corrected chi connectivity index (χ1v) is 11.0. The largest absolute Gasteiger partial charge is 0.356 e. The molecule has 0 unspecified atom stereocenters. The third kappa shape index (κ3) is 6.42. The molecular formula is C25H33N3O2. The Hall–Kier alpha value is -2.66. The van der Waals surface area contributed by atoms with Crippen LogP contribution in [0.4, 0.5) is 0 Å². The number of piperazine rings is 1. The van der Waals surface area contributed by atoms with E-state index in [-0.39, 0.29) is 17.9 Å². The van der Waals surface area contributed by atoms with Crippen LogP contribution in [0, 0.1) is 0 Å². The Balaban J connectivity index is 1.50. The second-order valence-electron chi connectivity index (χ2n) is 7.93. The molecule has 5 nitrogen and oxygen atoms in total. The number of amides is 2. The molecule has 2 aromatic carbocycles. The maximum atomic E-state index is 12.6. The summed E-state index contributed by atoms with van der Waals surface area (Å²) in [6.45, 7) is 5.54. The van der Waals surface area contributed by atoms with Gasteiger partial charge in [-0.25, -0.2) is 0 Å². The number of hydrogen-bond donors (Lipinski definition) is 1. The van der Waals surface area contributed by atoms with Gasteiger partial charge in [-0.15, -0.1) is 0 Å². The van der Waals surface area contributed by atoms with Gasteiger partial charge in [0.05, 0.1) is 6.04 Å². The van der Waals surface area contributed by atoms with E-state index >= 15 is 0 Å². The minimum atomic E-state index is 0.00765. The number of nitrogens with zero attached hydrogens (tertiary/aromatic N) is 2. The first-order chi connectivity index (χ1) is 14.6. The van der Waals surface area contributed by atoms with Gasteiger partial charge >= 0.3 is 0 Å². The predicted molar refractivity (Wildman–Crippen MR) is 120 cm³/mol. The molecule has 3 rings (SSSR count). The molecule has 160 valence electrons. The van der Waals surface area contributed by atoms with Gasteiger partial charge in [0, 0.05) is 46.1 Å². The summed E-state index contributed by atoms with van der Waals surface area (Å²) in [7, 11) is 0. The summed E-state index contributed by atoms with van der Waals surface area (Å²) in [6, 6.07) is 21.5. The van der Waals surface area contributed by atoms with Crippen molar-refractivity contribution in [2.45, 2.75) is 38.6 Å². The van der Waals surface area contributed by atoms with Crippen molar-refractivity contribution >= 4 is 11.8 Å². The summed E-state index contributed by atoms with van der Waals surface area (Å²) >= 11 is 0. The van der Waals surface area contributed by atoms with Crippen molar-refractivity contribution in [3.63, 3.8) is 0 Å². The molecule has 1 saturated heterocycles. The molecule has 2 amide bonds. The van der Waals surface area contributed by atoms with E-state index < -0.39 is 0 Å². The number of hydrogen-bond acceptors (Lipinski definition) is 3. The van der Waals surface area contributed by atoms with Crippen molar-refractivity contribution in [3.8, 4) is 0 Å². The lowest BCUT2D eigenvalue weighted by molar-refractivity contribution is -0.133. The van der Waals surface area contributed by atoms with E-state index in [1.54, 1.807) is 0 Å². The lowest BCUT2D eigenvalue weighted by Crippen LogP contribution is -2.49. The van der Waals surface area contributed by atoms with E-state index in [0.717, 1.165) is 45.4 Å². The van der Waals surface area contributed by atoms with Crippen LogP contribution in [0.25, 0.3) is 0 Å². The van der Waals surface area contributed by atoms with Crippen LogP contribution in [-0.4, -0.2) is 54.3 Å². The van der Waals surface area contributed by atoms with Gasteiger partial charge in [0.1, 0.15) is 0 Å². The lowest BCUT2D eigenvalue weighted by atomic mass is 9.96. The zero-order chi connectivity index (χ0) is 21.2. The van der Waals surface area contributed by atoms with E-state index in [0.29, 0.717) is 13.0 Å². The fourth-order valence-corrected chi connectivity index (χ4v) is 4.11. The highest BCUT2D eigenvalue weighted by molar-refractivity contribution is 5.76. The molecule has 1 heterocycles. The average molecular weight is 408 g/mol. The van der Waals surface area contributed by atoms with Crippen LogP contribution in [0.15, 0.2) is 60.7 Å². The molecule has 0 atom stereocenters. The molecule has 1 aliphatic rings. The molecule has 0 spiro atoms. The van der Waals surface area contributed by atoms with Gasteiger partial charge < -0.3 is 10.2 Å². The van der Waals surface area contributed by atoms with Crippen LogP contribution in [-0.2, 0) is 9.59 Å². The fraction of sp³-hybridized carbons (Fsp3) is 0.440. The normalized spacial score (nSPS) is 14.7. The number of benzene rings is 2. The highest BCUT2D eigenvalue weighted by atomic mass is 16.2. The lowest BCUT2D eigenvalue weighted by Gasteiger charge is -2.40. The first-order valence-electron chi connectivity index (χ1n) is 11.0. The van der Waals surface area contributed by atoms with Crippen molar-refractivity contribution in [2.24, 2.45) is 0 Å². The van der Waals surface area contributed by atoms with Gasteiger partial charge in [-0.3, -0.25) is 14.5 Å². The third-order valence-electron chi connectivity index (χ3n) is 5.70. The van der Waals surface area contributed by atoms with E-state index in [9.17, 15) is 9.59 Å². The summed E-state index contributed by atoms with van der Waals surface area (Å²) < 4.78 is 0. The van der Waals surface area contributed by atoms with Gasteiger partial charge in [0.15, 0.2) is 0 Å². The summed E-state index contributed by atoms with van der Waals surface area (Å²) in [5.74, 6) is 0.262. The zero-order valence-corrected chi connectivity index (χ0v) is 17.9. The fourth-order valence-electron chi connectivity index (χ4n) is 4.11. The Morgan fingerprint density at radius 3 is 1.93 bits per heavy atom. The minimum Gasteiger partial charge on any atom is -0.356 e. The standard InChI is InChI=1S/C25H33N3O2/c1-21(29)26-16-10-4-9-15-24(30)27-17-19-28(20-18-27)25(22-11-5-2-6-12-22)23-13-7-3-8-14-23/h2-3,5-8,11-14,25H,4,9-10,15-20H2,1H3,(H,26,29). The molecule has 0 saturated carbocycles. The highest BCUT2D eigenvalue weighted by Gasteiger charge is 2.27. The molecule has 0 aromatic heterocycles. The maximum Gasteiger partial charge on any atom is 0.222 e. The SMILES string of the molecule is CC(=O)NCCCCCC(=O)N1CCN(C(c2ccccc2)c2ccccc2)CC1. The molecule has 1 fully saturated rings. The van der Waals surface area contributed by atoms with Gasteiger partial charge in [-0.05, 0) is 24.0 Å². The second-order valence-corrected chi connectivity index (χ2v) is 7.93. The highest BCUT2D eigenvalue weighted by Crippen LogP contribution is 2.29. The Bertz CT molecular complexity index is 747. The van der Waals surface area contributed by atoms with Crippen LogP contribution in [0.1, 0.15) is 49.8 Å². The summed E-state index contributed by atoms with van der Waals surface area (Å²) in [5.41, 5.74) is 2.59. The van der Waals surface area contributed by atoms with Crippen LogP contribution < -0.4 is 5.32 Å². The summed E-state index contributed by atoms with van der Waals surface area (Å²) in [4.78, 5) is 28.0. The van der Waals surface area contributed by atoms with E-state index in [1.807, 2.05) is 4.90 Å². The molecule has 30 heavy (non-hydrogen) atoms. The zero-order valence-electron chi connectivity index (χ0n) is 17.9. The minimum absolute atomic E-state index is 0.00765. The number of rotatable bonds is 9. The Kier molecular flexibility index (Phi) is 8.45. The Morgan fingerprint density at radius 2 is 1.40 bits per heavy atom. The van der Waals surface area contributed by atoms with Crippen LogP contribution in [0.2, 0.25) is 0 Å². The molecule has 5 heteroatoms. The maximum absolute atomic E-state index is 12.6. The van der Waals surface area contributed by atoms with Crippen molar-refractivity contribution in [1.29, 1.82) is 0 Å². The monoisotopic (exact) mass is 407 g/mol. The number of carbonyl (C=O) groups excluding carboxylic acids is 2. The van der Waals surface area contributed by atoms with Crippen LogP contribution in [0.3, 0.4) is 0 Å². The quantitative estimate of drug-likeness (QED) is 0.646. The summed E-state index contributed by atoms with van der Waals surface area (Å²) in [5, 5.41) is 2.80. The Labute approximate surface area is 180 Å². The van der Waals surface area contributed by atoms with Crippen LogP contribution >= 0.6 is 0 Å². The summed E-state index contributed by atoms with van der Waals surface area (Å²) in [6.07, 6.45) is 3.38. The van der Waals surface area contributed by atoms with Crippen LogP contribution in [0.5, 0.6) is 0 Å². The molecule has 2 aromatic rings. The second kappa shape index (κ2) is 11.5. The molecule has 0 aliphatic carbocycles. The van der Waals surface area contributed by atoms with Crippen molar-refractivity contribution in [2.75, 3.05) is 32.7 Å².